The molecule has 2 heterocycles. The molecule has 0 unspecified atom stereocenters. The van der Waals surface area contributed by atoms with E-state index < -0.39 is 30.8 Å². The van der Waals surface area contributed by atoms with Gasteiger partial charge in [0.15, 0.2) is 10.8 Å². The number of fused-ring (bicyclic) bond motifs is 1. The Hall–Kier alpha value is -2.04. The van der Waals surface area contributed by atoms with Crippen molar-refractivity contribution in [1.29, 1.82) is 5.41 Å². The van der Waals surface area contributed by atoms with Crippen molar-refractivity contribution in [2.45, 2.75) is 24.9 Å². The Balaban J connectivity index is 2.43. The van der Waals surface area contributed by atoms with Crippen molar-refractivity contribution >= 4 is 28.5 Å². The van der Waals surface area contributed by atoms with Crippen LogP contribution in [0.3, 0.4) is 0 Å². The number of alkyl halides is 5. The van der Waals surface area contributed by atoms with E-state index in [0.717, 1.165) is 0 Å². The van der Waals surface area contributed by atoms with Crippen molar-refractivity contribution in [3.8, 4) is 0 Å². The Labute approximate surface area is 131 Å². The van der Waals surface area contributed by atoms with E-state index in [0.29, 0.717) is 0 Å². The molecule has 23 heavy (non-hydrogen) atoms. The smallest absolute Gasteiger partial charge is 0.382 e. The molecule has 0 amide bonds. The molecule has 0 saturated heterocycles. The topological polar surface area (TPSA) is 93.5 Å². The molecule has 0 aliphatic carbocycles. The minimum atomic E-state index is -5.66. The van der Waals surface area contributed by atoms with Crippen molar-refractivity contribution in [2.24, 2.45) is 12.8 Å². The number of aryl methyl sites for hydroxylation is 2. The van der Waals surface area contributed by atoms with E-state index in [1.165, 1.54) is 11.7 Å². The Bertz CT molecular complexity index is 768. The van der Waals surface area contributed by atoms with Crippen molar-refractivity contribution in [2.75, 3.05) is 0 Å². The molecule has 0 spiro atoms. The maximum atomic E-state index is 13.0. The molecule has 0 fully saturated rings. The molecular weight excluding hydrogens is 347 g/mol. The van der Waals surface area contributed by atoms with Crippen LogP contribution in [0.1, 0.15) is 17.9 Å². The first-order valence-electron chi connectivity index (χ1n) is 6.12. The van der Waals surface area contributed by atoms with Gasteiger partial charge in [0.05, 0.1) is 5.39 Å². The van der Waals surface area contributed by atoms with Crippen LogP contribution in [-0.2, 0) is 13.5 Å². The SMILES string of the molecule is Cn1nc(Cl)c2c(C(=N)N)nc(CCC(F)(F)C(F)(F)F)nc21. The van der Waals surface area contributed by atoms with Gasteiger partial charge in [-0.2, -0.15) is 27.1 Å². The summed E-state index contributed by atoms with van der Waals surface area (Å²) in [5, 5.41) is 11.3. The molecule has 6 nitrogen and oxygen atoms in total. The number of nitrogens with two attached hydrogens (primary N) is 1. The van der Waals surface area contributed by atoms with Gasteiger partial charge in [0, 0.05) is 19.9 Å². The molecule has 0 aliphatic rings. The molecule has 0 saturated carbocycles. The van der Waals surface area contributed by atoms with Crippen LogP contribution in [-0.4, -0.2) is 37.7 Å². The zero-order valence-electron chi connectivity index (χ0n) is 11.5. The van der Waals surface area contributed by atoms with Crippen LogP contribution in [0.5, 0.6) is 0 Å². The van der Waals surface area contributed by atoms with E-state index in [-0.39, 0.29) is 27.7 Å². The second-order valence-electron chi connectivity index (χ2n) is 4.72. The normalized spacial score (nSPS) is 12.8. The van der Waals surface area contributed by atoms with Crippen molar-refractivity contribution in [3.63, 3.8) is 0 Å². The highest BCUT2D eigenvalue weighted by Gasteiger charge is 2.56. The molecule has 2 aromatic heterocycles. The van der Waals surface area contributed by atoms with Crippen LogP contribution in [0, 0.1) is 5.41 Å². The van der Waals surface area contributed by atoms with Gasteiger partial charge < -0.3 is 5.73 Å². The first kappa shape index (κ1) is 17.3. The Morgan fingerprint density at radius 2 is 1.87 bits per heavy atom. The highest BCUT2D eigenvalue weighted by atomic mass is 35.5. The number of nitrogens with one attached hydrogen (secondary N) is 1. The largest absolute Gasteiger partial charge is 0.453 e. The van der Waals surface area contributed by atoms with Crippen LogP contribution >= 0.6 is 11.6 Å². The number of amidine groups is 1. The second-order valence-corrected chi connectivity index (χ2v) is 5.08. The molecule has 126 valence electrons. The van der Waals surface area contributed by atoms with Gasteiger partial charge in [-0.05, 0) is 0 Å². The standard InChI is InChI=1S/C11H10ClF5N6/c1-23-9-5(7(12)22-23)6(8(18)19)20-4(21-9)2-3-10(13,14)11(15,16)17/h2-3H2,1H3,(H3,18,19). The third-order valence-corrected chi connectivity index (χ3v) is 3.28. The summed E-state index contributed by atoms with van der Waals surface area (Å²) in [6.45, 7) is 0. The second kappa shape index (κ2) is 5.55. The lowest BCUT2D eigenvalue weighted by Crippen LogP contribution is -2.36. The maximum Gasteiger partial charge on any atom is 0.453 e. The number of nitrogen functional groups attached to an aromatic ring is 1. The predicted octanol–water partition coefficient (Wildman–Crippen LogP) is 2.43. The average molecular weight is 357 g/mol. The minimum Gasteiger partial charge on any atom is -0.382 e. The number of aromatic nitrogens is 4. The van der Waals surface area contributed by atoms with Gasteiger partial charge >= 0.3 is 12.1 Å². The van der Waals surface area contributed by atoms with E-state index in [4.69, 9.17) is 22.7 Å². The lowest BCUT2D eigenvalue weighted by atomic mass is 10.1. The summed E-state index contributed by atoms with van der Waals surface area (Å²) in [7, 11) is 1.44. The van der Waals surface area contributed by atoms with E-state index in [9.17, 15) is 22.0 Å². The quantitative estimate of drug-likeness (QED) is 0.500. The van der Waals surface area contributed by atoms with Crippen molar-refractivity contribution in [3.05, 3.63) is 16.7 Å². The molecule has 3 N–H and O–H groups in total. The van der Waals surface area contributed by atoms with Crippen molar-refractivity contribution < 1.29 is 22.0 Å². The predicted molar refractivity (Wildman–Crippen MR) is 71.7 cm³/mol. The fraction of sp³-hybridized carbons (Fsp3) is 0.455. The number of hydrogen-bond donors (Lipinski definition) is 2. The first-order valence-corrected chi connectivity index (χ1v) is 6.50. The summed E-state index contributed by atoms with van der Waals surface area (Å²) in [5.41, 5.74) is 5.26. The third kappa shape index (κ3) is 3.19. The molecule has 0 atom stereocenters. The van der Waals surface area contributed by atoms with Gasteiger partial charge in [0.25, 0.3) is 0 Å². The van der Waals surface area contributed by atoms with Crippen LogP contribution in [0.4, 0.5) is 22.0 Å². The minimum absolute atomic E-state index is 0.0557. The molecule has 2 rings (SSSR count). The molecule has 0 aromatic carbocycles. The van der Waals surface area contributed by atoms with Crippen LogP contribution in [0.2, 0.25) is 5.15 Å². The zero-order chi connectivity index (χ0) is 17.6. The number of nitrogens with zero attached hydrogens (tertiary/aromatic N) is 4. The maximum absolute atomic E-state index is 13.0. The van der Waals surface area contributed by atoms with Gasteiger partial charge in [0.2, 0.25) is 0 Å². The monoisotopic (exact) mass is 356 g/mol. The van der Waals surface area contributed by atoms with E-state index in [1.807, 2.05) is 0 Å². The molecule has 12 heteroatoms. The highest BCUT2D eigenvalue weighted by molar-refractivity contribution is 6.35. The molecule has 0 radical (unpaired) electrons. The van der Waals surface area contributed by atoms with Crippen LogP contribution in [0.15, 0.2) is 0 Å². The number of halogens is 6. The first-order chi connectivity index (χ1) is 10.4. The average Bonchev–Trinajstić information content (AvgIpc) is 2.70. The Morgan fingerprint density at radius 3 is 2.39 bits per heavy atom. The summed E-state index contributed by atoms with van der Waals surface area (Å²) >= 11 is 5.86. The lowest BCUT2D eigenvalue weighted by Gasteiger charge is -2.19. The van der Waals surface area contributed by atoms with Gasteiger partial charge in [0.1, 0.15) is 17.4 Å². The summed E-state index contributed by atoms with van der Waals surface area (Å²) < 4.78 is 63.7. The summed E-state index contributed by atoms with van der Waals surface area (Å²) in [6, 6.07) is 0. The summed E-state index contributed by atoms with van der Waals surface area (Å²) in [5.74, 6) is -5.71. The molecule has 0 aliphatic heterocycles. The Morgan fingerprint density at radius 1 is 1.26 bits per heavy atom. The third-order valence-electron chi connectivity index (χ3n) is 3.02. The van der Waals surface area contributed by atoms with Crippen LogP contribution < -0.4 is 5.73 Å². The number of hydrogen-bond acceptors (Lipinski definition) is 4. The molecule has 2 aromatic rings. The fourth-order valence-electron chi connectivity index (χ4n) is 1.86. The summed E-state index contributed by atoms with van der Waals surface area (Å²) in [4.78, 5) is 7.64. The van der Waals surface area contributed by atoms with Gasteiger partial charge in [-0.15, -0.1) is 0 Å². The summed E-state index contributed by atoms with van der Waals surface area (Å²) in [6.07, 6.45) is -7.94. The fourth-order valence-corrected chi connectivity index (χ4v) is 2.15. The highest BCUT2D eigenvalue weighted by Crippen LogP contribution is 2.38. The number of rotatable bonds is 4. The zero-order valence-corrected chi connectivity index (χ0v) is 12.3. The van der Waals surface area contributed by atoms with Crippen LogP contribution in [0.25, 0.3) is 11.0 Å². The Kier molecular flexibility index (Phi) is 4.18. The van der Waals surface area contributed by atoms with E-state index in [2.05, 4.69) is 15.1 Å². The lowest BCUT2D eigenvalue weighted by molar-refractivity contribution is -0.284. The van der Waals surface area contributed by atoms with E-state index >= 15 is 0 Å². The van der Waals surface area contributed by atoms with Gasteiger partial charge in [-0.3, -0.25) is 5.41 Å². The molecule has 0 bridgehead atoms. The molecular formula is C11H10ClF5N6. The van der Waals surface area contributed by atoms with Gasteiger partial charge in [-0.1, -0.05) is 11.6 Å². The van der Waals surface area contributed by atoms with Crippen molar-refractivity contribution in [1.82, 2.24) is 19.7 Å². The van der Waals surface area contributed by atoms with Gasteiger partial charge in [-0.25, -0.2) is 14.6 Å². The van der Waals surface area contributed by atoms with E-state index in [1.54, 1.807) is 0 Å².